The number of nitrogens with one attached hydrogen (secondary N) is 1. The Morgan fingerprint density at radius 3 is 2.74 bits per heavy atom. The molecule has 4 rings (SSSR count). The van der Waals surface area contributed by atoms with E-state index in [0.717, 1.165) is 68.6 Å². The first-order chi connectivity index (χ1) is 13.3. The standard InChI is InChI=1S/C20H27N3O4/c1-24-19-5-3-2-4-16(19)12-21-20(14-26-15-20)11-17-10-18(27-22-17)13-23-6-8-25-9-7-23/h2-5,10,21H,6-9,11-15H2,1H3. The van der Waals surface area contributed by atoms with E-state index in [9.17, 15) is 0 Å². The molecule has 2 aliphatic rings. The lowest BCUT2D eigenvalue weighted by atomic mass is 9.90. The summed E-state index contributed by atoms with van der Waals surface area (Å²) in [4.78, 5) is 2.33. The number of methoxy groups -OCH3 is 1. The second-order valence-corrected chi connectivity index (χ2v) is 7.29. The van der Waals surface area contributed by atoms with E-state index in [-0.39, 0.29) is 5.54 Å². The SMILES string of the molecule is COc1ccccc1CNC1(Cc2cc(CN3CCOCC3)on2)COC1. The predicted octanol–water partition coefficient (Wildman–Crippen LogP) is 1.62. The topological polar surface area (TPSA) is 69.0 Å². The average molecular weight is 373 g/mol. The molecule has 0 atom stereocenters. The van der Waals surface area contributed by atoms with Gasteiger partial charge in [0.25, 0.3) is 0 Å². The van der Waals surface area contributed by atoms with Gasteiger partial charge in [-0.25, -0.2) is 0 Å². The van der Waals surface area contributed by atoms with Crippen molar-refractivity contribution in [2.75, 3.05) is 46.6 Å². The summed E-state index contributed by atoms with van der Waals surface area (Å²) < 4.78 is 21.9. The Bertz CT molecular complexity index is 738. The molecule has 3 heterocycles. The van der Waals surface area contributed by atoms with Gasteiger partial charge in [0.05, 0.1) is 51.3 Å². The maximum atomic E-state index is 5.56. The molecular formula is C20H27N3O4. The Morgan fingerprint density at radius 2 is 2.00 bits per heavy atom. The zero-order chi connectivity index (χ0) is 18.5. The van der Waals surface area contributed by atoms with Crippen molar-refractivity contribution in [3.63, 3.8) is 0 Å². The zero-order valence-electron chi connectivity index (χ0n) is 15.8. The van der Waals surface area contributed by atoms with E-state index in [1.54, 1.807) is 7.11 Å². The van der Waals surface area contributed by atoms with Gasteiger partial charge in [-0.15, -0.1) is 0 Å². The molecule has 0 radical (unpaired) electrons. The van der Waals surface area contributed by atoms with Crippen molar-refractivity contribution in [3.05, 3.63) is 47.3 Å². The van der Waals surface area contributed by atoms with Gasteiger partial charge in [0.15, 0.2) is 5.76 Å². The van der Waals surface area contributed by atoms with Gasteiger partial charge in [-0.05, 0) is 6.07 Å². The van der Waals surface area contributed by atoms with Crippen LogP contribution in [-0.4, -0.2) is 62.2 Å². The van der Waals surface area contributed by atoms with Gasteiger partial charge < -0.3 is 24.1 Å². The number of rotatable bonds is 8. The molecule has 2 aliphatic heterocycles. The number of hydrogen-bond acceptors (Lipinski definition) is 7. The van der Waals surface area contributed by atoms with Gasteiger partial charge in [-0.1, -0.05) is 23.4 Å². The summed E-state index contributed by atoms with van der Waals surface area (Å²) in [6.45, 7) is 6.31. The third kappa shape index (κ3) is 4.50. The smallest absolute Gasteiger partial charge is 0.150 e. The van der Waals surface area contributed by atoms with Crippen LogP contribution in [-0.2, 0) is 29.0 Å². The highest BCUT2D eigenvalue weighted by Crippen LogP contribution is 2.25. The van der Waals surface area contributed by atoms with Crippen molar-refractivity contribution in [3.8, 4) is 5.75 Å². The van der Waals surface area contributed by atoms with Gasteiger partial charge in [0.1, 0.15) is 5.75 Å². The Kier molecular flexibility index (Phi) is 5.73. The third-order valence-electron chi connectivity index (χ3n) is 5.21. The number of hydrogen-bond donors (Lipinski definition) is 1. The molecule has 0 unspecified atom stereocenters. The number of ether oxygens (including phenoxy) is 3. The predicted molar refractivity (Wildman–Crippen MR) is 99.7 cm³/mol. The number of para-hydroxylation sites is 1. The molecule has 1 aromatic heterocycles. The van der Waals surface area contributed by atoms with Crippen LogP contribution in [0.15, 0.2) is 34.9 Å². The third-order valence-corrected chi connectivity index (χ3v) is 5.21. The lowest BCUT2D eigenvalue weighted by Gasteiger charge is -2.42. The van der Waals surface area contributed by atoms with Crippen LogP contribution in [0.2, 0.25) is 0 Å². The van der Waals surface area contributed by atoms with Gasteiger partial charge >= 0.3 is 0 Å². The van der Waals surface area contributed by atoms with Crippen molar-refractivity contribution in [2.45, 2.75) is 25.0 Å². The maximum absolute atomic E-state index is 5.56. The van der Waals surface area contributed by atoms with Gasteiger partial charge in [0, 0.05) is 37.7 Å². The highest BCUT2D eigenvalue weighted by Gasteiger charge is 2.39. The first kappa shape index (κ1) is 18.4. The van der Waals surface area contributed by atoms with E-state index in [1.807, 2.05) is 18.2 Å². The van der Waals surface area contributed by atoms with Crippen molar-refractivity contribution in [2.24, 2.45) is 0 Å². The Hall–Kier alpha value is -1.93. The number of benzene rings is 1. The van der Waals surface area contributed by atoms with E-state index in [1.165, 1.54) is 0 Å². The average Bonchev–Trinajstić information content (AvgIpc) is 3.11. The Labute approximate surface area is 159 Å². The first-order valence-electron chi connectivity index (χ1n) is 9.46. The van der Waals surface area contributed by atoms with E-state index in [4.69, 9.17) is 18.7 Å². The number of nitrogens with zero attached hydrogens (tertiary/aromatic N) is 2. The minimum Gasteiger partial charge on any atom is -0.496 e. The van der Waals surface area contributed by atoms with Crippen LogP contribution < -0.4 is 10.1 Å². The van der Waals surface area contributed by atoms with Crippen molar-refractivity contribution in [1.82, 2.24) is 15.4 Å². The van der Waals surface area contributed by atoms with Crippen molar-refractivity contribution >= 4 is 0 Å². The second-order valence-electron chi connectivity index (χ2n) is 7.29. The molecule has 2 fully saturated rings. The van der Waals surface area contributed by atoms with Gasteiger partial charge in [0.2, 0.25) is 0 Å². The molecule has 0 aliphatic carbocycles. The minimum atomic E-state index is -0.103. The molecule has 0 bridgehead atoms. The van der Waals surface area contributed by atoms with Crippen LogP contribution in [0, 0.1) is 0 Å². The fourth-order valence-electron chi connectivity index (χ4n) is 3.59. The highest BCUT2D eigenvalue weighted by molar-refractivity contribution is 5.33. The van der Waals surface area contributed by atoms with E-state index in [2.05, 4.69) is 27.5 Å². The van der Waals surface area contributed by atoms with Crippen molar-refractivity contribution < 1.29 is 18.7 Å². The van der Waals surface area contributed by atoms with E-state index < -0.39 is 0 Å². The van der Waals surface area contributed by atoms with Gasteiger partial charge in [-0.2, -0.15) is 0 Å². The van der Waals surface area contributed by atoms with E-state index in [0.29, 0.717) is 13.2 Å². The summed E-state index contributed by atoms with van der Waals surface area (Å²) >= 11 is 0. The van der Waals surface area contributed by atoms with Crippen LogP contribution in [0.25, 0.3) is 0 Å². The molecule has 1 aromatic carbocycles. The molecule has 27 heavy (non-hydrogen) atoms. The van der Waals surface area contributed by atoms with Crippen LogP contribution in [0.4, 0.5) is 0 Å². The fourth-order valence-corrected chi connectivity index (χ4v) is 3.59. The lowest BCUT2D eigenvalue weighted by Crippen LogP contribution is -2.61. The molecule has 2 saturated heterocycles. The van der Waals surface area contributed by atoms with Gasteiger partial charge in [-0.3, -0.25) is 4.90 Å². The normalized spacial score (nSPS) is 19.6. The number of aromatic nitrogens is 1. The maximum Gasteiger partial charge on any atom is 0.150 e. The molecule has 7 heteroatoms. The minimum absolute atomic E-state index is 0.103. The zero-order valence-corrected chi connectivity index (χ0v) is 15.8. The van der Waals surface area contributed by atoms with Crippen LogP contribution in [0.1, 0.15) is 17.0 Å². The highest BCUT2D eigenvalue weighted by atomic mass is 16.5. The molecule has 1 N–H and O–H groups in total. The quantitative estimate of drug-likeness (QED) is 0.754. The van der Waals surface area contributed by atoms with Crippen LogP contribution in [0.3, 0.4) is 0 Å². The lowest BCUT2D eigenvalue weighted by molar-refractivity contribution is -0.0756. The molecule has 2 aromatic rings. The first-order valence-corrected chi connectivity index (χ1v) is 9.46. The summed E-state index contributed by atoms with van der Waals surface area (Å²) in [6.07, 6.45) is 0.786. The molecule has 146 valence electrons. The van der Waals surface area contributed by atoms with Crippen LogP contribution >= 0.6 is 0 Å². The Balaban J connectivity index is 1.35. The van der Waals surface area contributed by atoms with Crippen molar-refractivity contribution in [1.29, 1.82) is 0 Å². The number of morpholine rings is 1. The second kappa shape index (κ2) is 8.39. The summed E-state index contributed by atoms with van der Waals surface area (Å²) in [5, 5.41) is 7.93. The monoisotopic (exact) mass is 373 g/mol. The molecule has 0 amide bonds. The van der Waals surface area contributed by atoms with E-state index >= 15 is 0 Å². The van der Waals surface area contributed by atoms with Crippen LogP contribution in [0.5, 0.6) is 5.75 Å². The fraction of sp³-hybridized carbons (Fsp3) is 0.550. The Morgan fingerprint density at radius 1 is 1.19 bits per heavy atom. The molecular weight excluding hydrogens is 346 g/mol. The summed E-state index contributed by atoms with van der Waals surface area (Å²) in [6, 6.07) is 10.1. The molecule has 0 saturated carbocycles. The largest absolute Gasteiger partial charge is 0.496 e. The summed E-state index contributed by atoms with van der Waals surface area (Å²) in [5.41, 5.74) is 2.00. The molecule has 0 spiro atoms. The molecule has 7 nitrogen and oxygen atoms in total. The summed E-state index contributed by atoms with van der Waals surface area (Å²) in [7, 11) is 1.70. The summed E-state index contributed by atoms with van der Waals surface area (Å²) in [5.74, 6) is 1.81.